The van der Waals surface area contributed by atoms with Gasteiger partial charge in [-0.25, -0.2) is 18.0 Å². The minimum absolute atomic E-state index is 0.210. The van der Waals surface area contributed by atoms with Crippen molar-refractivity contribution in [1.82, 2.24) is 0 Å². The molecule has 2 aromatic rings. The molecule has 1 aliphatic heterocycles. The summed E-state index contributed by atoms with van der Waals surface area (Å²) >= 11 is 0. The second kappa shape index (κ2) is 7.58. The Morgan fingerprint density at radius 1 is 1.03 bits per heavy atom. The van der Waals surface area contributed by atoms with Crippen LogP contribution in [-0.4, -0.2) is 48.6 Å². The zero-order valence-electron chi connectivity index (χ0n) is 16.9. The van der Waals surface area contributed by atoms with E-state index in [1.165, 1.54) is 30.0 Å². The summed E-state index contributed by atoms with van der Waals surface area (Å²) in [5.41, 5.74) is -1.39. The Bertz CT molecular complexity index is 1170. The van der Waals surface area contributed by atoms with Crippen molar-refractivity contribution in [2.24, 2.45) is 0 Å². The van der Waals surface area contributed by atoms with Crippen LogP contribution in [0.2, 0.25) is 0 Å². The fourth-order valence-corrected chi connectivity index (χ4v) is 4.25. The van der Waals surface area contributed by atoms with E-state index in [0.29, 0.717) is 5.75 Å². The van der Waals surface area contributed by atoms with Crippen molar-refractivity contribution >= 4 is 39.2 Å². The highest BCUT2D eigenvalue weighted by molar-refractivity contribution is 7.92. The van der Waals surface area contributed by atoms with Crippen LogP contribution >= 0.6 is 0 Å². The highest BCUT2D eigenvalue weighted by Gasteiger charge is 2.34. The van der Waals surface area contributed by atoms with Crippen molar-refractivity contribution < 1.29 is 37.8 Å². The average molecular weight is 448 g/mol. The summed E-state index contributed by atoms with van der Waals surface area (Å²) in [4.78, 5) is 35.8. The van der Waals surface area contributed by atoms with Gasteiger partial charge < -0.3 is 19.8 Å². The monoisotopic (exact) mass is 448 g/mol. The van der Waals surface area contributed by atoms with Crippen molar-refractivity contribution in [3.63, 3.8) is 0 Å². The van der Waals surface area contributed by atoms with Crippen molar-refractivity contribution in [1.29, 1.82) is 0 Å². The Kier molecular flexibility index (Phi) is 5.40. The van der Waals surface area contributed by atoms with Crippen LogP contribution in [0.5, 0.6) is 5.75 Å². The molecule has 11 heteroatoms. The number of hydrogen-bond donors (Lipinski definition) is 3. The first kappa shape index (κ1) is 22.1. The Hall–Kier alpha value is -3.60. The van der Waals surface area contributed by atoms with Crippen molar-refractivity contribution in [3.05, 3.63) is 47.5 Å². The Balaban J connectivity index is 2.03. The van der Waals surface area contributed by atoms with Gasteiger partial charge in [0.1, 0.15) is 11.4 Å². The van der Waals surface area contributed by atoms with Gasteiger partial charge in [-0.05, 0) is 50.2 Å². The van der Waals surface area contributed by atoms with E-state index in [1.807, 2.05) is 0 Å². The molecule has 0 aromatic heterocycles. The molecule has 3 rings (SSSR count). The second-order valence-electron chi connectivity index (χ2n) is 7.61. The molecule has 0 radical (unpaired) electrons. The minimum Gasteiger partial charge on any atom is -0.484 e. The number of rotatable bonds is 5. The summed E-state index contributed by atoms with van der Waals surface area (Å²) in [6.07, 6.45) is 0. The van der Waals surface area contributed by atoms with Gasteiger partial charge in [0.05, 0.1) is 33.9 Å². The highest BCUT2D eigenvalue weighted by Crippen LogP contribution is 2.38. The molecule has 0 fully saturated rings. The molecule has 0 atom stereocenters. The van der Waals surface area contributed by atoms with Crippen LogP contribution in [0.25, 0.3) is 0 Å². The topological polar surface area (TPSA) is 150 Å². The first-order chi connectivity index (χ1) is 14.3. The molecule has 164 valence electrons. The largest absolute Gasteiger partial charge is 0.484 e. The van der Waals surface area contributed by atoms with Crippen molar-refractivity contribution in [2.45, 2.75) is 31.3 Å². The SMILES string of the molecule is CC(=O)N1CC(C)(C)Oc2ccc(S(=O)(=O)Nc3cc(C(=O)O)cc(C(=O)O)c3)cc21. The van der Waals surface area contributed by atoms with Crippen LogP contribution in [0.1, 0.15) is 41.5 Å². The van der Waals surface area contributed by atoms with Gasteiger partial charge in [0.15, 0.2) is 0 Å². The molecule has 3 N–H and O–H groups in total. The summed E-state index contributed by atoms with van der Waals surface area (Å²) in [6.45, 7) is 5.17. The van der Waals surface area contributed by atoms with Gasteiger partial charge in [0.2, 0.25) is 5.91 Å². The number of benzene rings is 2. The lowest BCUT2D eigenvalue weighted by atomic mass is 10.1. The lowest BCUT2D eigenvalue weighted by Crippen LogP contribution is -2.48. The molecule has 1 amide bonds. The third kappa shape index (κ3) is 4.61. The second-order valence-corrected chi connectivity index (χ2v) is 9.29. The zero-order chi connectivity index (χ0) is 23.1. The highest BCUT2D eigenvalue weighted by atomic mass is 32.2. The van der Waals surface area contributed by atoms with Crippen LogP contribution in [-0.2, 0) is 14.8 Å². The van der Waals surface area contributed by atoms with Crippen LogP contribution in [0, 0.1) is 0 Å². The number of carboxylic acid groups (broad SMARTS) is 2. The maximum atomic E-state index is 12.9. The number of carbonyl (C=O) groups is 3. The predicted molar refractivity (Wildman–Crippen MR) is 110 cm³/mol. The molecular formula is C20H20N2O8S. The van der Waals surface area contributed by atoms with Gasteiger partial charge >= 0.3 is 11.9 Å². The number of amides is 1. The number of aromatic carboxylic acids is 2. The first-order valence-electron chi connectivity index (χ1n) is 9.05. The van der Waals surface area contributed by atoms with E-state index in [9.17, 15) is 22.8 Å². The van der Waals surface area contributed by atoms with E-state index >= 15 is 0 Å². The van der Waals surface area contributed by atoms with Gasteiger partial charge in [-0.3, -0.25) is 9.52 Å². The maximum absolute atomic E-state index is 12.9. The van der Waals surface area contributed by atoms with Gasteiger partial charge in [-0.15, -0.1) is 0 Å². The number of hydrogen-bond acceptors (Lipinski definition) is 6. The van der Waals surface area contributed by atoms with E-state index in [1.54, 1.807) is 13.8 Å². The van der Waals surface area contributed by atoms with Gasteiger partial charge in [0, 0.05) is 6.92 Å². The lowest BCUT2D eigenvalue weighted by Gasteiger charge is -2.39. The number of ether oxygens (including phenoxy) is 1. The summed E-state index contributed by atoms with van der Waals surface area (Å²) in [7, 11) is -4.24. The third-order valence-electron chi connectivity index (χ3n) is 4.52. The van der Waals surface area contributed by atoms with Gasteiger partial charge in [-0.2, -0.15) is 0 Å². The third-order valence-corrected chi connectivity index (χ3v) is 5.89. The average Bonchev–Trinajstić information content (AvgIpc) is 2.65. The van der Waals surface area contributed by atoms with Crippen LogP contribution in [0.15, 0.2) is 41.3 Å². The van der Waals surface area contributed by atoms with Crippen LogP contribution in [0.3, 0.4) is 0 Å². The summed E-state index contributed by atoms with van der Waals surface area (Å²) in [6, 6.07) is 6.92. The molecule has 2 aromatic carbocycles. The Labute approximate surface area is 178 Å². The van der Waals surface area contributed by atoms with Crippen LogP contribution < -0.4 is 14.4 Å². The predicted octanol–water partition coefficient (Wildman–Crippen LogP) is 2.41. The van der Waals surface area contributed by atoms with Crippen molar-refractivity contribution in [3.8, 4) is 5.75 Å². The molecule has 0 saturated carbocycles. The number of carboxylic acids is 2. The number of sulfonamides is 1. The Morgan fingerprint density at radius 3 is 2.13 bits per heavy atom. The van der Waals surface area contributed by atoms with Crippen molar-refractivity contribution in [2.75, 3.05) is 16.2 Å². The number of fused-ring (bicyclic) bond motifs is 1. The number of anilines is 2. The molecule has 0 unspecified atom stereocenters. The zero-order valence-corrected chi connectivity index (χ0v) is 17.7. The molecular weight excluding hydrogens is 428 g/mol. The van der Waals surface area contributed by atoms with E-state index in [4.69, 9.17) is 14.9 Å². The van der Waals surface area contributed by atoms with E-state index in [2.05, 4.69) is 4.72 Å². The maximum Gasteiger partial charge on any atom is 0.335 e. The minimum atomic E-state index is -4.24. The quantitative estimate of drug-likeness (QED) is 0.631. The van der Waals surface area contributed by atoms with Gasteiger partial charge in [0.25, 0.3) is 10.0 Å². The van der Waals surface area contributed by atoms with E-state index < -0.39 is 27.6 Å². The van der Waals surface area contributed by atoms with Gasteiger partial charge in [-0.1, -0.05) is 0 Å². The number of carbonyl (C=O) groups excluding carboxylic acids is 1. The smallest absolute Gasteiger partial charge is 0.335 e. The van der Waals surface area contributed by atoms with E-state index in [0.717, 1.165) is 18.2 Å². The molecule has 0 spiro atoms. The van der Waals surface area contributed by atoms with E-state index in [-0.39, 0.29) is 39.8 Å². The molecule has 0 saturated heterocycles. The fourth-order valence-electron chi connectivity index (χ4n) is 3.19. The lowest BCUT2D eigenvalue weighted by molar-refractivity contribution is -0.117. The summed E-state index contributed by atoms with van der Waals surface area (Å²) < 4.78 is 33.8. The molecule has 1 aliphatic rings. The molecule has 0 bridgehead atoms. The fraction of sp³-hybridized carbons (Fsp3) is 0.250. The molecule has 10 nitrogen and oxygen atoms in total. The summed E-state index contributed by atoms with van der Waals surface area (Å²) in [5.74, 6) is -2.77. The molecule has 31 heavy (non-hydrogen) atoms. The van der Waals surface area contributed by atoms with Crippen LogP contribution in [0.4, 0.5) is 11.4 Å². The standard InChI is InChI=1S/C20H20N2O8S/c1-11(23)22-10-20(2,3)30-17-5-4-15(9-16(17)22)31(28,29)21-14-7-12(18(24)25)6-13(8-14)19(26)27/h4-9,21H,10H2,1-3H3,(H,24,25)(H,26,27). The Morgan fingerprint density at radius 2 is 1.61 bits per heavy atom. The summed E-state index contributed by atoms with van der Waals surface area (Å²) in [5, 5.41) is 18.3. The number of nitrogens with one attached hydrogen (secondary N) is 1. The molecule has 1 heterocycles. The molecule has 0 aliphatic carbocycles. The first-order valence-corrected chi connectivity index (χ1v) is 10.5. The number of nitrogens with zero attached hydrogens (tertiary/aromatic N) is 1. The normalized spacial score (nSPS) is 14.9.